The number of unbranched alkanes of at least 4 members (excludes halogenated alkanes) is 1. The normalized spacial score (nSPS) is 13.5. The van der Waals surface area contributed by atoms with Crippen molar-refractivity contribution >= 4 is 31.9 Å². The lowest BCUT2D eigenvalue weighted by molar-refractivity contribution is 0.295. The molecule has 0 saturated carbocycles. The zero-order valence-electron chi connectivity index (χ0n) is 14.9. The van der Waals surface area contributed by atoms with Gasteiger partial charge in [0.1, 0.15) is 11.6 Å². The van der Waals surface area contributed by atoms with Crippen LogP contribution in [0.4, 0.5) is 8.78 Å². The molecule has 0 aliphatic rings. The Morgan fingerprint density at radius 3 is 1.50 bits per heavy atom. The predicted octanol–water partition coefficient (Wildman–Crippen LogP) is 7.33. The van der Waals surface area contributed by atoms with Gasteiger partial charge in [0.05, 0.1) is 0 Å². The Morgan fingerprint density at radius 2 is 1.08 bits per heavy atom. The van der Waals surface area contributed by atoms with Crippen LogP contribution in [0.3, 0.4) is 0 Å². The summed E-state index contributed by atoms with van der Waals surface area (Å²) in [6.45, 7) is 0. The second-order valence-electron chi connectivity index (χ2n) is 6.84. The van der Waals surface area contributed by atoms with Crippen molar-refractivity contribution in [3.05, 3.63) is 71.3 Å². The van der Waals surface area contributed by atoms with Crippen LogP contribution in [0.5, 0.6) is 0 Å². The summed E-state index contributed by atoms with van der Waals surface area (Å²) < 4.78 is 26.4. The van der Waals surface area contributed by atoms with E-state index in [0.717, 1.165) is 42.8 Å². The molecule has 0 nitrogen and oxygen atoms in total. The molecule has 0 fully saturated rings. The van der Waals surface area contributed by atoms with Gasteiger partial charge in [-0.15, -0.1) is 0 Å². The van der Waals surface area contributed by atoms with Crippen LogP contribution >= 0.6 is 31.9 Å². The van der Waals surface area contributed by atoms with Gasteiger partial charge in [0, 0.05) is 10.7 Å². The summed E-state index contributed by atoms with van der Waals surface area (Å²) in [5.74, 6) is 0.668. The molecule has 0 N–H and O–H groups in total. The second kappa shape index (κ2) is 11.9. The van der Waals surface area contributed by atoms with E-state index in [9.17, 15) is 8.78 Å². The summed E-state index contributed by atoms with van der Waals surface area (Å²) in [5, 5.41) is 1.98. The summed E-state index contributed by atoms with van der Waals surface area (Å²) in [5.41, 5.74) is 2.37. The second-order valence-corrected chi connectivity index (χ2v) is 8.43. The average molecular weight is 488 g/mol. The molecule has 2 aromatic carbocycles. The third-order valence-corrected chi connectivity index (χ3v) is 5.95. The minimum absolute atomic E-state index is 0.187. The molecular weight excluding hydrogens is 462 g/mol. The molecule has 0 aromatic heterocycles. The van der Waals surface area contributed by atoms with Crippen LogP contribution < -0.4 is 0 Å². The van der Waals surface area contributed by atoms with E-state index < -0.39 is 0 Å². The maximum absolute atomic E-state index is 13.2. The Kier molecular flexibility index (Phi) is 9.84. The van der Waals surface area contributed by atoms with Crippen LogP contribution in [0.25, 0.3) is 0 Å². The quantitative estimate of drug-likeness (QED) is 0.230. The Hall–Kier alpha value is -0.740. The highest BCUT2D eigenvalue weighted by Gasteiger charge is 2.22. The molecule has 26 heavy (non-hydrogen) atoms. The smallest absolute Gasteiger partial charge is 0.123 e. The fourth-order valence-corrected chi connectivity index (χ4v) is 4.48. The number of hydrogen-bond acceptors (Lipinski definition) is 0. The largest absolute Gasteiger partial charge is 0.207 e. The van der Waals surface area contributed by atoms with Crippen LogP contribution in [-0.2, 0) is 12.8 Å². The molecule has 0 heterocycles. The maximum atomic E-state index is 13.2. The highest BCUT2D eigenvalue weighted by atomic mass is 79.9. The van der Waals surface area contributed by atoms with E-state index in [0.29, 0.717) is 11.8 Å². The van der Waals surface area contributed by atoms with Crippen LogP contribution in [0.15, 0.2) is 48.5 Å². The minimum atomic E-state index is -0.189. The van der Waals surface area contributed by atoms with E-state index in [1.165, 1.54) is 17.5 Å². The monoisotopic (exact) mass is 486 g/mol. The van der Waals surface area contributed by atoms with Crippen LogP contribution in [0, 0.1) is 23.5 Å². The maximum Gasteiger partial charge on any atom is 0.123 e. The zero-order chi connectivity index (χ0) is 18.8. The summed E-state index contributed by atoms with van der Waals surface area (Å²) in [6.07, 6.45) is 6.49. The molecule has 0 aliphatic heterocycles. The minimum Gasteiger partial charge on any atom is -0.207 e. The van der Waals surface area contributed by atoms with Crippen molar-refractivity contribution in [2.75, 3.05) is 10.7 Å². The first kappa shape index (κ1) is 21.6. The first-order chi connectivity index (χ1) is 12.6. The van der Waals surface area contributed by atoms with Gasteiger partial charge in [0.15, 0.2) is 0 Å². The van der Waals surface area contributed by atoms with Gasteiger partial charge in [-0.25, -0.2) is 8.78 Å². The molecule has 0 spiro atoms. The molecule has 0 bridgehead atoms. The van der Waals surface area contributed by atoms with Gasteiger partial charge in [0.2, 0.25) is 0 Å². The van der Waals surface area contributed by atoms with E-state index in [1.54, 1.807) is 24.3 Å². The SMILES string of the molecule is Fc1ccc(C[C@H](CCBr)[C@@H](CCCCBr)Cc2ccc(F)cc2)cc1. The fraction of sp³-hybridized carbons (Fsp3) is 0.455. The standard InChI is InChI=1S/C22H26Br2F2/c23-13-2-1-3-19(15-17-4-8-21(25)9-5-17)20(12-14-24)16-18-6-10-22(26)11-7-18/h4-11,19-20H,1-3,12-16H2/t19-,20-/m0/s1. The first-order valence-electron chi connectivity index (χ1n) is 9.23. The number of halogens is 4. The zero-order valence-corrected chi connectivity index (χ0v) is 18.1. The third kappa shape index (κ3) is 7.48. The molecule has 0 unspecified atom stereocenters. The number of hydrogen-bond donors (Lipinski definition) is 0. The van der Waals surface area contributed by atoms with E-state index in [-0.39, 0.29) is 11.6 Å². The molecule has 0 amide bonds. The van der Waals surface area contributed by atoms with E-state index >= 15 is 0 Å². The molecular formula is C22H26Br2F2. The lowest BCUT2D eigenvalue weighted by atomic mass is 9.78. The summed E-state index contributed by atoms with van der Waals surface area (Å²) in [6, 6.07) is 13.8. The van der Waals surface area contributed by atoms with Crippen LogP contribution in [0.1, 0.15) is 36.8 Å². The van der Waals surface area contributed by atoms with E-state index in [2.05, 4.69) is 31.9 Å². The van der Waals surface area contributed by atoms with Crippen molar-refractivity contribution in [2.45, 2.75) is 38.5 Å². The van der Waals surface area contributed by atoms with Crippen LogP contribution in [0.2, 0.25) is 0 Å². The Balaban J connectivity index is 2.13. The third-order valence-electron chi connectivity index (χ3n) is 4.93. The molecule has 0 saturated heterocycles. The molecule has 142 valence electrons. The predicted molar refractivity (Wildman–Crippen MR) is 113 cm³/mol. The highest BCUT2D eigenvalue weighted by Crippen LogP contribution is 2.30. The lowest BCUT2D eigenvalue weighted by Crippen LogP contribution is -2.21. The van der Waals surface area contributed by atoms with Gasteiger partial charge in [-0.3, -0.25) is 0 Å². The topological polar surface area (TPSA) is 0 Å². The van der Waals surface area contributed by atoms with Crippen molar-refractivity contribution in [3.63, 3.8) is 0 Å². The number of benzene rings is 2. The lowest BCUT2D eigenvalue weighted by Gasteiger charge is -2.27. The van der Waals surface area contributed by atoms with Crippen molar-refractivity contribution in [1.82, 2.24) is 0 Å². The molecule has 0 radical (unpaired) electrons. The van der Waals surface area contributed by atoms with E-state index in [1.807, 2.05) is 24.3 Å². The number of alkyl halides is 2. The highest BCUT2D eigenvalue weighted by molar-refractivity contribution is 9.09. The molecule has 0 aliphatic carbocycles. The van der Waals surface area contributed by atoms with Gasteiger partial charge < -0.3 is 0 Å². The summed E-state index contributed by atoms with van der Waals surface area (Å²) >= 11 is 7.12. The number of rotatable bonds is 11. The van der Waals surface area contributed by atoms with Gasteiger partial charge in [-0.1, -0.05) is 62.5 Å². The van der Waals surface area contributed by atoms with Gasteiger partial charge >= 0.3 is 0 Å². The first-order valence-corrected chi connectivity index (χ1v) is 11.5. The van der Waals surface area contributed by atoms with Crippen molar-refractivity contribution in [3.8, 4) is 0 Å². The van der Waals surface area contributed by atoms with Gasteiger partial charge in [-0.2, -0.15) is 0 Å². The summed E-state index contributed by atoms with van der Waals surface area (Å²) in [4.78, 5) is 0. The van der Waals surface area contributed by atoms with E-state index in [4.69, 9.17) is 0 Å². The Labute approximate surface area is 172 Å². The Bertz CT molecular complexity index is 626. The molecule has 2 aromatic rings. The van der Waals surface area contributed by atoms with Crippen molar-refractivity contribution < 1.29 is 8.78 Å². The average Bonchev–Trinajstić information content (AvgIpc) is 2.64. The molecule has 2 atom stereocenters. The van der Waals surface area contributed by atoms with Gasteiger partial charge in [-0.05, 0) is 79.3 Å². The fourth-order valence-electron chi connectivity index (χ4n) is 3.50. The Morgan fingerprint density at radius 1 is 0.615 bits per heavy atom. The molecule has 4 heteroatoms. The van der Waals surface area contributed by atoms with Gasteiger partial charge in [0.25, 0.3) is 0 Å². The van der Waals surface area contributed by atoms with Crippen LogP contribution in [-0.4, -0.2) is 10.7 Å². The van der Waals surface area contributed by atoms with Crippen molar-refractivity contribution in [2.24, 2.45) is 11.8 Å². The van der Waals surface area contributed by atoms with Crippen molar-refractivity contribution in [1.29, 1.82) is 0 Å². The summed E-state index contributed by atoms with van der Waals surface area (Å²) in [7, 11) is 0. The molecule has 2 rings (SSSR count).